The summed E-state index contributed by atoms with van der Waals surface area (Å²) < 4.78 is 32.2. The van der Waals surface area contributed by atoms with Gasteiger partial charge in [-0.3, -0.25) is 4.31 Å². The first kappa shape index (κ1) is 16.2. The summed E-state index contributed by atoms with van der Waals surface area (Å²) in [6, 6.07) is 6.24. The maximum Gasteiger partial charge on any atom is 0.301 e. The first-order valence-corrected chi connectivity index (χ1v) is 7.17. The van der Waals surface area contributed by atoms with E-state index in [1.165, 1.54) is 14.2 Å². The summed E-state index contributed by atoms with van der Waals surface area (Å²) in [4.78, 5) is 0. The Bertz CT molecular complexity index is 556. The molecule has 4 N–H and O–H groups in total. The lowest BCUT2D eigenvalue weighted by Crippen LogP contribution is -2.39. The maximum absolute atomic E-state index is 12.0. The Hall–Kier alpha value is -1.84. The quantitative estimate of drug-likeness (QED) is 0.210. The van der Waals surface area contributed by atoms with Crippen molar-refractivity contribution in [1.29, 1.82) is 0 Å². The summed E-state index contributed by atoms with van der Waals surface area (Å²) in [5.41, 5.74) is 6.37. The van der Waals surface area contributed by atoms with Crippen molar-refractivity contribution in [2.45, 2.75) is 0 Å². The van der Waals surface area contributed by atoms with Gasteiger partial charge in [0.15, 0.2) is 5.84 Å². The van der Waals surface area contributed by atoms with E-state index in [0.717, 1.165) is 4.31 Å². The second kappa shape index (κ2) is 7.08. The van der Waals surface area contributed by atoms with Crippen molar-refractivity contribution < 1.29 is 18.4 Å². The fourth-order valence-electron chi connectivity index (χ4n) is 1.41. The van der Waals surface area contributed by atoms with Crippen LogP contribution in [-0.2, 0) is 14.9 Å². The zero-order chi connectivity index (χ0) is 15.2. The van der Waals surface area contributed by atoms with Gasteiger partial charge in [0.25, 0.3) is 0 Å². The van der Waals surface area contributed by atoms with Crippen molar-refractivity contribution in [3.05, 3.63) is 29.8 Å². The Labute approximate surface area is 118 Å². The highest BCUT2D eigenvalue weighted by Crippen LogP contribution is 2.16. The molecule has 20 heavy (non-hydrogen) atoms. The van der Waals surface area contributed by atoms with E-state index < -0.39 is 10.2 Å². The largest absolute Gasteiger partial charge is 0.409 e. The minimum absolute atomic E-state index is 0.0414. The van der Waals surface area contributed by atoms with Crippen molar-refractivity contribution in [2.24, 2.45) is 10.9 Å². The van der Waals surface area contributed by atoms with Gasteiger partial charge in [-0.1, -0.05) is 5.16 Å². The normalized spacial score (nSPS) is 12.4. The number of ether oxygens (including phenoxy) is 1. The highest BCUT2D eigenvalue weighted by atomic mass is 32.2. The van der Waals surface area contributed by atoms with Gasteiger partial charge in [0.2, 0.25) is 0 Å². The average Bonchev–Trinajstić information content (AvgIpc) is 2.46. The summed E-state index contributed by atoms with van der Waals surface area (Å²) in [6.07, 6.45) is 0. The summed E-state index contributed by atoms with van der Waals surface area (Å²) >= 11 is 0. The highest BCUT2D eigenvalue weighted by Gasteiger charge is 2.17. The van der Waals surface area contributed by atoms with Gasteiger partial charge in [-0.15, -0.1) is 0 Å². The van der Waals surface area contributed by atoms with Gasteiger partial charge in [0.1, 0.15) is 0 Å². The molecule has 0 atom stereocenters. The molecule has 0 heterocycles. The lowest BCUT2D eigenvalue weighted by atomic mass is 10.2. The van der Waals surface area contributed by atoms with Gasteiger partial charge in [-0.2, -0.15) is 13.1 Å². The summed E-state index contributed by atoms with van der Waals surface area (Å²) in [7, 11) is -0.718. The van der Waals surface area contributed by atoms with Gasteiger partial charge >= 0.3 is 10.2 Å². The molecule has 0 aliphatic carbocycles. The van der Waals surface area contributed by atoms with E-state index >= 15 is 0 Å². The third-order valence-corrected chi connectivity index (χ3v) is 4.09. The minimum Gasteiger partial charge on any atom is -0.409 e. The Morgan fingerprint density at radius 3 is 2.55 bits per heavy atom. The number of methoxy groups -OCH3 is 1. The minimum atomic E-state index is -3.63. The third-order valence-electron chi connectivity index (χ3n) is 2.59. The summed E-state index contributed by atoms with van der Waals surface area (Å²) in [6.45, 7) is 0.473. The van der Waals surface area contributed by atoms with Crippen LogP contribution in [0.2, 0.25) is 0 Å². The summed E-state index contributed by atoms with van der Waals surface area (Å²) in [5, 5.41) is 11.4. The van der Waals surface area contributed by atoms with Crippen molar-refractivity contribution in [1.82, 2.24) is 4.72 Å². The number of anilines is 1. The maximum atomic E-state index is 12.0. The molecule has 9 heteroatoms. The van der Waals surface area contributed by atoms with Gasteiger partial charge in [-0.05, 0) is 24.3 Å². The number of nitrogens with two attached hydrogens (primary N) is 1. The standard InChI is InChI=1S/C11H18N4O4S/c1-15(20(17,18)13-7-8-19-2)10-5-3-9(4-6-10)11(12)14-16/h3-6,13,16H,7-8H2,1-2H3,(H2,12,14). The molecule has 0 saturated carbocycles. The molecule has 1 aromatic carbocycles. The van der Waals surface area contributed by atoms with E-state index in [1.54, 1.807) is 24.3 Å². The second-order valence-electron chi connectivity index (χ2n) is 3.89. The molecule has 0 radical (unpaired) electrons. The van der Waals surface area contributed by atoms with Gasteiger partial charge in [-0.25, -0.2) is 0 Å². The molecule has 112 valence electrons. The molecular weight excluding hydrogens is 284 g/mol. The zero-order valence-electron chi connectivity index (χ0n) is 11.3. The third kappa shape index (κ3) is 4.08. The first-order valence-electron chi connectivity index (χ1n) is 5.72. The monoisotopic (exact) mass is 302 g/mol. The Balaban J connectivity index is 2.84. The zero-order valence-corrected chi connectivity index (χ0v) is 12.1. The molecule has 1 aromatic rings. The molecule has 0 saturated heterocycles. The van der Waals surface area contributed by atoms with Crippen LogP contribution in [0, 0.1) is 0 Å². The predicted octanol–water partition coefficient (Wildman–Crippen LogP) is -0.302. The first-order chi connectivity index (χ1) is 9.42. The smallest absolute Gasteiger partial charge is 0.301 e. The van der Waals surface area contributed by atoms with E-state index in [0.29, 0.717) is 11.3 Å². The van der Waals surface area contributed by atoms with Crippen LogP contribution in [0.15, 0.2) is 29.4 Å². The van der Waals surface area contributed by atoms with Gasteiger partial charge < -0.3 is 15.7 Å². The van der Waals surface area contributed by atoms with Crippen LogP contribution in [0.3, 0.4) is 0 Å². The molecule has 0 aliphatic rings. The van der Waals surface area contributed by atoms with E-state index in [9.17, 15) is 8.42 Å². The SMILES string of the molecule is COCCNS(=O)(=O)N(C)c1ccc(/C(N)=N/O)cc1. The fourth-order valence-corrected chi connectivity index (χ4v) is 2.34. The number of hydrogen-bond donors (Lipinski definition) is 3. The van der Waals surface area contributed by atoms with Crippen LogP contribution >= 0.6 is 0 Å². The fraction of sp³-hybridized carbons (Fsp3) is 0.364. The molecule has 0 amide bonds. The van der Waals surface area contributed by atoms with Crippen LogP contribution < -0.4 is 14.8 Å². The summed E-state index contributed by atoms with van der Waals surface area (Å²) in [5.74, 6) is -0.0414. The van der Waals surface area contributed by atoms with Crippen molar-refractivity contribution in [3.8, 4) is 0 Å². The molecule has 0 unspecified atom stereocenters. The highest BCUT2D eigenvalue weighted by molar-refractivity contribution is 7.90. The molecular formula is C11H18N4O4S. The number of hydrogen-bond acceptors (Lipinski definition) is 5. The molecule has 0 spiro atoms. The number of nitrogens with zero attached hydrogens (tertiary/aromatic N) is 2. The topological polar surface area (TPSA) is 117 Å². The Morgan fingerprint density at radius 2 is 2.05 bits per heavy atom. The van der Waals surface area contributed by atoms with Crippen molar-refractivity contribution in [3.63, 3.8) is 0 Å². The van der Waals surface area contributed by atoms with Crippen LogP contribution in [0.4, 0.5) is 5.69 Å². The second-order valence-corrected chi connectivity index (χ2v) is 5.68. The van der Waals surface area contributed by atoms with E-state index in [1.807, 2.05) is 0 Å². The number of benzene rings is 1. The molecule has 1 rings (SSSR count). The number of rotatable bonds is 7. The molecule has 0 fully saturated rings. The van der Waals surface area contributed by atoms with E-state index in [2.05, 4.69) is 9.88 Å². The lowest BCUT2D eigenvalue weighted by Gasteiger charge is -2.20. The Kier molecular flexibility index (Phi) is 5.74. The van der Waals surface area contributed by atoms with E-state index in [-0.39, 0.29) is 19.0 Å². The van der Waals surface area contributed by atoms with Crippen LogP contribution in [-0.4, -0.2) is 46.8 Å². The predicted molar refractivity (Wildman–Crippen MR) is 76.2 cm³/mol. The molecule has 0 aliphatic heterocycles. The van der Waals surface area contributed by atoms with Crippen LogP contribution in [0.5, 0.6) is 0 Å². The van der Waals surface area contributed by atoms with Crippen molar-refractivity contribution >= 4 is 21.7 Å². The van der Waals surface area contributed by atoms with Crippen molar-refractivity contribution in [2.75, 3.05) is 31.6 Å². The van der Waals surface area contributed by atoms with Crippen LogP contribution in [0.1, 0.15) is 5.56 Å². The number of oxime groups is 1. The lowest BCUT2D eigenvalue weighted by molar-refractivity contribution is 0.204. The molecule has 8 nitrogen and oxygen atoms in total. The van der Waals surface area contributed by atoms with Crippen LogP contribution in [0.25, 0.3) is 0 Å². The van der Waals surface area contributed by atoms with Gasteiger partial charge in [0.05, 0.1) is 12.3 Å². The molecule has 0 aromatic heterocycles. The van der Waals surface area contributed by atoms with Gasteiger partial charge in [0, 0.05) is 26.3 Å². The number of nitrogens with one attached hydrogen (secondary N) is 1. The number of amidine groups is 1. The average molecular weight is 302 g/mol. The molecule has 0 bridgehead atoms. The Morgan fingerprint density at radius 1 is 1.45 bits per heavy atom. The van der Waals surface area contributed by atoms with E-state index in [4.69, 9.17) is 15.7 Å².